The van der Waals surface area contributed by atoms with Crippen LogP contribution in [0.25, 0.3) is 0 Å². The van der Waals surface area contributed by atoms with Crippen molar-refractivity contribution in [3.8, 4) is 0 Å². The van der Waals surface area contributed by atoms with Crippen LogP contribution in [0.1, 0.15) is 20.3 Å². The van der Waals surface area contributed by atoms with Gasteiger partial charge in [0, 0.05) is 19.6 Å². The lowest BCUT2D eigenvalue weighted by Gasteiger charge is -2.25. The van der Waals surface area contributed by atoms with E-state index < -0.39 is 0 Å². The summed E-state index contributed by atoms with van der Waals surface area (Å²) in [5.74, 6) is 0. The number of nitrogens with zero attached hydrogens (tertiary/aromatic N) is 1. The number of allylic oxidation sites excluding steroid dienone is 1. The van der Waals surface area contributed by atoms with Gasteiger partial charge in [-0.2, -0.15) is 0 Å². The fourth-order valence-electron chi connectivity index (χ4n) is 1.36. The molecule has 0 saturated carbocycles. The van der Waals surface area contributed by atoms with Crippen LogP contribution < -0.4 is 0 Å². The Kier molecular flexibility index (Phi) is 4.33. The lowest BCUT2D eigenvalue weighted by molar-refractivity contribution is 0.0387. The summed E-state index contributed by atoms with van der Waals surface area (Å²) < 4.78 is 5.27. The van der Waals surface area contributed by atoms with E-state index in [1.807, 2.05) is 0 Å². The molecule has 0 radical (unpaired) electrons. The lowest BCUT2D eigenvalue weighted by Crippen LogP contribution is -2.36. The van der Waals surface area contributed by atoms with Crippen LogP contribution >= 0.6 is 0 Å². The van der Waals surface area contributed by atoms with Gasteiger partial charge in [-0.25, -0.2) is 0 Å². The van der Waals surface area contributed by atoms with Crippen LogP contribution in [0, 0.1) is 0 Å². The smallest absolute Gasteiger partial charge is 0.0594 e. The Morgan fingerprint density at radius 3 is 2.58 bits per heavy atom. The normalized spacial score (nSPS) is 19.2. The van der Waals surface area contributed by atoms with Crippen LogP contribution in [0.3, 0.4) is 0 Å². The van der Waals surface area contributed by atoms with Crippen LogP contribution in [0.4, 0.5) is 0 Å². The second-order valence-corrected chi connectivity index (χ2v) is 3.52. The van der Waals surface area contributed by atoms with E-state index >= 15 is 0 Å². The highest BCUT2D eigenvalue weighted by atomic mass is 16.5. The number of ether oxygens (including phenoxy) is 1. The number of morpholine rings is 1. The fourth-order valence-corrected chi connectivity index (χ4v) is 1.36. The van der Waals surface area contributed by atoms with E-state index in [1.54, 1.807) is 0 Å². The first-order valence-corrected chi connectivity index (χ1v) is 4.72. The van der Waals surface area contributed by atoms with Crippen molar-refractivity contribution >= 4 is 0 Å². The van der Waals surface area contributed by atoms with E-state index in [0.29, 0.717) is 0 Å². The molecule has 12 heavy (non-hydrogen) atoms. The molecule has 0 aromatic carbocycles. The molecule has 0 unspecified atom stereocenters. The summed E-state index contributed by atoms with van der Waals surface area (Å²) in [7, 11) is 0. The van der Waals surface area contributed by atoms with Crippen molar-refractivity contribution in [2.75, 3.05) is 32.8 Å². The van der Waals surface area contributed by atoms with Crippen LogP contribution in [-0.4, -0.2) is 37.7 Å². The minimum Gasteiger partial charge on any atom is -0.379 e. The third kappa shape index (κ3) is 3.88. The third-order valence-corrected chi connectivity index (χ3v) is 2.10. The van der Waals surface area contributed by atoms with Gasteiger partial charge in [0.05, 0.1) is 13.2 Å². The van der Waals surface area contributed by atoms with Crippen molar-refractivity contribution in [1.82, 2.24) is 4.90 Å². The van der Waals surface area contributed by atoms with E-state index in [-0.39, 0.29) is 0 Å². The monoisotopic (exact) mass is 169 g/mol. The lowest BCUT2D eigenvalue weighted by atomic mass is 10.2. The van der Waals surface area contributed by atoms with E-state index in [4.69, 9.17) is 4.74 Å². The van der Waals surface area contributed by atoms with Crippen molar-refractivity contribution in [3.05, 3.63) is 11.6 Å². The maximum absolute atomic E-state index is 5.27. The Morgan fingerprint density at radius 1 is 1.33 bits per heavy atom. The predicted molar refractivity (Wildman–Crippen MR) is 51.3 cm³/mol. The standard InChI is InChI=1S/C10H19NO/c1-10(2)4-3-5-11-6-8-12-9-7-11/h4H,3,5-9H2,1-2H3. The number of hydrogen-bond acceptors (Lipinski definition) is 2. The second kappa shape index (κ2) is 5.33. The zero-order valence-corrected chi connectivity index (χ0v) is 8.18. The van der Waals surface area contributed by atoms with Gasteiger partial charge in [-0.15, -0.1) is 0 Å². The number of hydrogen-bond donors (Lipinski definition) is 0. The molecule has 0 atom stereocenters. The molecule has 0 amide bonds. The highest BCUT2D eigenvalue weighted by Crippen LogP contribution is 2.00. The molecule has 0 bridgehead atoms. The molecular formula is C10H19NO. The zero-order valence-electron chi connectivity index (χ0n) is 8.18. The number of rotatable bonds is 3. The Labute approximate surface area is 75.2 Å². The first kappa shape index (κ1) is 9.75. The average molecular weight is 169 g/mol. The Balaban J connectivity index is 2.09. The molecule has 1 heterocycles. The van der Waals surface area contributed by atoms with Crippen LogP contribution in [0.2, 0.25) is 0 Å². The molecule has 0 N–H and O–H groups in total. The van der Waals surface area contributed by atoms with Gasteiger partial charge >= 0.3 is 0 Å². The summed E-state index contributed by atoms with van der Waals surface area (Å²) in [6.45, 7) is 9.53. The quantitative estimate of drug-likeness (QED) is 0.596. The predicted octanol–water partition coefficient (Wildman–Crippen LogP) is 1.67. The van der Waals surface area contributed by atoms with Crippen molar-refractivity contribution in [2.24, 2.45) is 0 Å². The topological polar surface area (TPSA) is 12.5 Å². The first-order chi connectivity index (χ1) is 5.79. The zero-order chi connectivity index (χ0) is 8.81. The van der Waals surface area contributed by atoms with Gasteiger partial charge < -0.3 is 4.74 Å². The molecular weight excluding hydrogens is 150 g/mol. The fraction of sp³-hybridized carbons (Fsp3) is 0.800. The van der Waals surface area contributed by atoms with E-state index in [2.05, 4.69) is 24.8 Å². The summed E-state index contributed by atoms with van der Waals surface area (Å²) >= 11 is 0. The molecule has 1 saturated heterocycles. The van der Waals surface area contributed by atoms with Gasteiger partial charge in [0.25, 0.3) is 0 Å². The summed E-state index contributed by atoms with van der Waals surface area (Å²) in [6, 6.07) is 0. The summed E-state index contributed by atoms with van der Waals surface area (Å²) in [5, 5.41) is 0. The van der Waals surface area contributed by atoms with Gasteiger partial charge in [-0.05, 0) is 20.3 Å². The molecule has 2 heteroatoms. The SMILES string of the molecule is CC(C)=CCCN1CCOCC1. The molecule has 0 aromatic heterocycles. The highest BCUT2D eigenvalue weighted by Gasteiger charge is 2.07. The van der Waals surface area contributed by atoms with Crippen LogP contribution in [0.15, 0.2) is 11.6 Å². The van der Waals surface area contributed by atoms with Gasteiger partial charge in [0.2, 0.25) is 0 Å². The average Bonchev–Trinajstić information content (AvgIpc) is 2.05. The summed E-state index contributed by atoms with van der Waals surface area (Å²) in [4.78, 5) is 2.46. The maximum Gasteiger partial charge on any atom is 0.0594 e. The third-order valence-electron chi connectivity index (χ3n) is 2.10. The van der Waals surface area contributed by atoms with Gasteiger partial charge in [-0.3, -0.25) is 4.90 Å². The van der Waals surface area contributed by atoms with E-state index in [0.717, 1.165) is 26.3 Å². The van der Waals surface area contributed by atoms with E-state index in [9.17, 15) is 0 Å². The van der Waals surface area contributed by atoms with Crippen molar-refractivity contribution in [3.63, 3.8) is 0 Å². The molecule has 70 valence electrons. The molecule has 1 aliphatic rings. The summed E-state index contributed by atoms with van der Waals surface area (Å²) in [5.41, 5.74) is 1.42. The van der Waals surface area contributed by atoms with Crippen LogP contribution in [0.5, 0.6) is 0 Å². The molecule has 0 aromatic rings. The van der Waals surface area contributed by atoms with Crippen molar-refractivity contribution in [2.45, 2.75) is 20.3 Å². The molecule has 1 rings (SSSR count). The van der Waals surface area contributed by atoms with Crippen LogP contribution in [-0.2, 0) is 4.74 Å². The first-order valence-electron chi connectivity index (χ1n) is 4.72. The van der Waals surface area contributed by atoms with Gasteiger partial charge in [0.15, 0.2) is 0 Å². The molecule has 1 fully saturated rings. The molecule has 0 aliphatic carbocycles. The second-order valence-electron chi connectivity index (χ2n) is 3.52. The largest absolute Gasteiger partial charge is 0.379 e. The minimum atomic E-state index is 0.912. The molecule has 0 spiro atoms. The minimum absolute atomic E-state index is 0.912. The molecule has 2 nitrogen and oxygen atoms in total. The van der Waals surface area contributed by atoms with Crippen molar-refractivity contribution in [1.29, 1.82) is 0 Å². The maximum atomic E-state index is 5.27. The van der Waals surface area contributed by atoms with Crippen molar-refractivity contribution < 1.29 is 4.74 Å². The Hall–Kier alpha value is -0.340. The van der Waals surface area contributed by atoms with Gasteiger partial charge in [-0.1, -0.05) is 11.6 Å². The molecule has 1 aliphatic heterocycles. The summed E-state index contributed by atoms with van der Waals surface area (Å²) in [6.07, 6.45) is 3.48. The Morgan fingerprint density at radius 2 is 2.00 bits per heavy atom. The van der Waals surface area contributed by atoms with E-state index in [1.165, 1.54) is 18.5 Å². The Bertz CT molecular complexity index is 144. The highest BCUT2D eigenvalue weighted by molar-refractivity contribution is 4.93. The van der Waals surface area contributed by atoms with Gasteiger partial charge in [0.1, 0.15) is 0 Å².